The average molecular weight is 365 g/mol. The van der Waals surface area contributed by atoms with Gasteiger partial charge in [-0.05, 0) is 29.8 Å². The minimum atomic E-state index is -0.0791. The lowest BCUT2D eigenvalue weighted by molar-refractivity contribution is -0.0633. The molecule has 0 aliphatic carbocycles. The number of rotatable bonds is 4. The van der Waals surface area contributed by atoms with Crippen molar-refractivity contribution in [3.8, 4) is 5.75 Å². The molecule has 0 N–H and O–H groups in total. The van der Waals surface area contributed by atoms with E-state index in [1.165, 1.54) is 0 Å². The summed E-state index contributed by atoms with van der Waals surface area (Å²) in [6.45, 7) is 2.27. The van der Waals surface area contributed by atoms with E-state index in [0.717, 1.165) is 35.8 Å². The topological polar surface area (TPSA) is 63.1 Å². The van der Waals surface area contributed by atoms with Crippen LogP contribution in [0.5, 0.6) is 5.75 Å². The van der Waals surface area contributed by atoms with Gasteiger partial charge in [-0.25, -0.2) is 15.0 Å². The minimum Gasteiger partial charge on any atom is -0.497 e. The molecule has 1 unspecified atom stereocenters. The molecule has 1 aromatic heterocycles. The zero-order valence-corrected chi connectivity index (χ0v) is 15.5. The Kier molecular flexibility index (Phi) is 5.13. The molecule has 1 saturated heterocycles. The highest BCUT2D eigenvalue weighted by molar-refractivity contribution is 6.07. The smallest absolute Gasteiger partial charge is 0.178 e. The number of methoxy groups -OCH3 is 1. The molecule has 27 heavy (non-hydrogen) atoms. The van der Waals surface area contributed by atoms with Crippen LogP contribution in [-0.2, 0) is 4.74 Å². The summed E-state index contributed by atoms with van der Waals surface area (Å²) >= 11 is 0. The fourth-order valence-corrected chi connectivity index (χ4v) is 3.36. The Balaban J connectivity index is 1.52. The molecule has 7 nitrogen and oxygen atoms in total. The number of aliphatic imine (C=N–C) groups is 1. The average Bonchev–Trinajstić information content (AvgIpc) is 2.75. The fraction of sp³-hybridized carbons (Fsp3) is 0.350. The standard InChI is InChI=1S/C20H23N5O2/c1-24-10-8-18(17-7-9-21-14-22-17)23-20(24)25-11-12-27-19(13-25)15-3-5-16(26-2)6-4-15/h3-10,14,19-20H,11-13H2,1-2H3/t19?,20-/m1/s1. The van der Waals surface area contributed by atoms with Crippen molar-refractivity contribution in [1.29, 1.82) is 0 Å². The number of ether oxygens (including phenoxy) is 2. The van der Waals surface area contributed by atoms with Gasteiger partial charge in [0.05, 0.1) is 31.2 Å². The maximum Gasteiger partial charge on any atom is 0.178 e. The lowest BCUT2D eigenvalue weighted by Gasteiger charge is -2.41. The predicted octanol–water partition coefficient (Wildman–Crippen LogP) is 2.09. The first kappa shape index (κ1) is 17.6. The predicted molar refractivity (Wildman–Crippen MR) is 103 cm³/mol. The molecule has 2 aromatic rings. The van der Waals surface area contributed by atoms with Gasteiger partial charge >= 0.3 is 0 Å². The number of hydrogen-bond donors (Lipinski definition) is 0. The van der Waals surface area contributed by atoms with Gasteiger partial charge in [0.1, 0.15) is 12.1 Å². The number of nitrogens with zero attached hydrogens (tertiary/aromatic N) is 5. The Morgan fingerprint density at radius 2 is 2.04 bits per heavy atom. The van der Waals surface area contributed by atoms with E-state index in [2.05, 4.69) is 31.9 Å². The summed E-state index contributed by atoms with van der Waals surface area (Å²) < 4.78 is 11.3. The molecule has 0 radical (unpaired) electrons. The molecule has 1 fully saturated rings. The second-order valence-corrected chi connectivity index (χ2v) is 6.56. The summed E-state index contributed by atoms with van der Waals surface area (Å²) in [4.78, 5) is 17.7. The van der Waals surface area contributed by atoms with Gasteiger partial charge in [-0.2, -0.15) is 0 Å². The van der Waals surface area contributed by atoms with Crippen molar-refractivity contribution in [3.63, 3.8) is 0 Å². The van der Waals surface area contributed by atoms with Crippen LogP contribution in [0.4, 0.5) is 0 Å². The van der Waals surface area contributed by atoms with Crippen LogP contribution < -0.4 is 4.74 Å². The monoisotopic (exact) mass is 365 g/mol. The highest BCUT2D eigenvalue weighted by atomic mass is 16.5. The van der Waals surface area contributed by atoms with Crippen LogP contribution in [0.15, 0.2) is 60.1 Å². The largest absolute Gasteiger partial charge is 0.497 e. The minimum absolute atomic E-state index is 0.0154. The lowest BCUT2D eigenvalue weighted by atomic mass is 10.1. The van der Waals surface area contributed by atoms with Crippen LogP contribution in [0, 0.1) is 0 Å². The molecule has 2 aliphatic heterocycles. The zero-order chi connectivity index (χ0) is 18.6. The molecule has 4 rings (SSSR count). The highest BCUT2D eigenvalue weighted by Crippen LogP contribution is 2.27. The van der Waals surface area contributed by atoms with E-state index in [4.69, 9.17) is 14.5 Å². The molecule has 0 bridgehead atoms. The molecular formula is C20H23N5O2. The first-order chi connectivity index (χ1) is 13.2. The van der Waals surface area contributed by atoms with E-state index in [1.54, 1.807) is 19.6 Å². The van der Waals surface area contributed by atoms with Crippen LogP contribution in [0.2, 0.25) is 0 Å². The molecular weight excluding hydrogens is 342 g/mol. The quantitative estimate of drug-likeness (QED) is 0.827. The molecule has 2 aliphatic rings. The molecule has 3 heterocycles. The Morgan fingerprint density at radius 1 is 1.19 bits per heavy atom. The Bertz CT molecular complexity index is 822. The summed E-state index contributed by atoms with van der Waals surface area (Å²) in [7, 11) is 3.72. The number of morpholine rings is 1. The molecule has 0 saturated carbocycles. The van der Waals surface area contributed by atoms with Crippen molar-refractivity contribution < 1.29 is 9.47 Å². The van der Waals surface area contributed by atoms with Crippen molar-refractivity contribution in [2.24, 2.45) is 4.99 Å². The van der Waals surface area contributed by atoms with Crippen LogP contribution in [-0.4, -0.2) is 65.6 Å². The maximum atomic E-state index is 6.02. The number of aromatic nitrogens is 2. The Morgan fingerprint density at radius 3 is 2.78 bits per heavy atom. The van der Waals surface area contributed by atoms with Crippen LogP contribution in [0.25, 0.3) is 0 Å². The van der Waals surface area contributed by atoms with Crippen molar-refractivity contribution in [2.45, 2.75) is 12.4 Å². The maximum absolute atomic E-state index is 6.02. The van der Waals surface area contributed by atoms with Crippen molar-refractivity contribution in [2.75, 3.05) is 33.9 Å². The van der Waals surface area contributed by atoms with E-state index >= 15 is 0 Å². The molecule has 1 aromatic carbocycles. The summed E-state index contributed by atoms with van der Waals surface area (Å²) in [5, 5.41) is 0. The van der Waals surface area contributed by atoms with Gasteiger partial charge in [-0.15, -0.1) is 0 Å². The summed E-state index contributed by atoms with van der Waals surface area (Å²) in [5.41, 5.74) is 2.85. The Hall–Kier alpha value is -2.77. The molecule has 140 valence electrons. The highest BCUT2D eigenvalue weighted by Gasteiger charge is 2.30. The lowest BCUT2D eigenvalue weighted by Crippen LogP contribution is -2.50. The third kappa shape index (κ3) is 3.84. The molecule has 7 heteroatoms. The van der Waals surface area contributed by atoms with Gasteiger partial charge in [0, 0.05) is 32.5 Å². The van der Waals surface area contributed by atoms with Crippen molar-refractivity contribution >= 4 is 5.71 Å². The number of hydrogen-bond acceptors (Lipinski definition) is 7. The van der Waals surface area contributed by atoms with Crippen molar-refractivity contribution in [3.05, 3.63) is 66.4 Å². The van der Waals surface area contributed by atoms with Crippen LogP contribution in [0.1, 0.15) is 17.4 Å². The van der Waals surface area contributed by atoms with E-state index in [9.17, 15) is 0 Å². The van der Waals surface area contributed by atoms with E-state index in [1.807, 2.05) is 37.5 Å². The molecule has 0 spiro atoms. The summed E-state index contributed by atoms with van der Waals surface area (Å²) in [6, 6.07) is 9.95. The van der Waals surface area contributed by atoms with Gasteiger partial charge < -0.3 is 14.4 Å². The third-order valence-electron chi connectivity index (χ3n) is 4.84. The van der Waals surface area contributed by atoms with E-state index in [0.29, 0.717) is 6.61 Å². The van der Waals surface area contributed by atoms with E-state index in [-0.39, 0.29) is 12.4 Å². The van der Waals surface area contributed by atoms with Gasteiger partial charge in [0.2, 0.25) is 0 Å². The number of allylic oxidation sites excluding steroid dienone is 1. The van der Waals surface area contributed by atoms with Gasteiger partial charge in [0.25, 0.3) is 0 Å². The second kappa shape index (κ2) is 7.85. The van der Waals surface area contributed by atoms with Crippen molar-refractivity contribution in [1.82, 2.24) is 19.8 Å². The van der Waals surface area contributed by atoms with Gasteiger partial charge in [0.15, 0.2) is 6.29 Å². The zero-order valence-electron chi connectivity index (χ0n) is 15.5. The van der Waals surface area contributed by atoms with Crippen LogP contribution in [0.3, 0.4) is 0 Å². The molecule has 2 atom stereocenters. The van der Waals surface area contributed by atoms with E-state index < -0.39 is 0 Å². The second-order valence-electron chi connectivity index (χ2n) is 6.56. The SMILES string of the molecule is COc1ccc(C2CN([C@@H]3N=C(c4ccncn4)C=CN3C)CCO2)cc1. The molecule has 0 amide bonds. The van der Waals surface area contributed by atoms with Crippen LogP contribution >= 0.6 is 0 Å². The van der Waals surface area contributed by atoms with Gasteiger partial charge in [-0.1, -0.05) is 12.1 Å². The first-order valence-corrected chi connectivity index (χ1v) is 8.98. The third-order valence-corrected chi connectivity index (χ3v) is 4.84. The Labute approximate surface area is 159 Å². The first-order valence-electron chi connectivity index (χ1n) is 8.98. The summed E-state index contributed by atoms with van der Waals surface area (Å²) in [6.07, 6.45) is 7.26. The normalized spacial score (nSPS) is 23.2. The number of benzene rings is 1. The van der Waals surface area contributed by atoms with Gasteiger partial charge in [-0.3, -0.25) is 4.90 Å². The fourth-order valence-electron chi connectivity index (χ4n) is 3.36. The summed E-state index contributed by atoms with van der Waals surface area (Å²) in [5.74, 6) is 0.850.